The highest BCUT2D eigenvalue weighted by molar-refractivity contribution is 5.89. The van der Waals surface area contributed by atoms with Gasteiger partial charge in [0.15, 0.2) is 5.65 Å². The van der Waals surface area contributed by atoms with Crippen LogP contribution < -0.4 is 15.5 Å². The molecule has 2 fully saturated rings. The second-order valence-electron chi connectivity index (χ2n) is 8.50. The van der Waals surface area contributed by atoms with Gasteiger partial charge in [-0.1, -0.05) is 13.0 Å². The predicted octanol–water partition coefficient (Wildman–Crippen LogP) is 2.10. The molecule has 174 valence electrons. The fraction of sp³-hybridized carbons (Fsp3) is 0.429. The van der Waals surface area contributed by atoms with Crippen LogP contribution in [-0.4, -0.2) is 62.0 Å². The van der Waals surface area contributed by atoms with Crippen LogP contribution in [0.25, 0.3) is 16.7 Å². The summed E-state index contributed by atoms with van der Waals surface area (Å²) in [6, 6.07) is 4.64. The van der Waals surface area contributed by atoms with Crippen LogP contribution in [0.15, 0.2) is 30.5 Å². The maximum absolute atomic E-state index is 13.2. The molecule has 0 bridgehead atoms. The Bertz CT molecular complexity index is 1220. The lowest BCUT2D eigenvalue weighted by atomic mass is 9.91. The van der Waals surface area contributed by atoms with Gasteiger partial charge in [-0.2, -0.15) is 28.2 Å². The standard InChI is InChI=1S/C21H22F3N7O2/c1-2-20(33)10-30(11-20)17-15-9-26-31(14-5-3-4-12(6-14)21(22,23)24)18(15)29-19(28-17)27-13-7-16(32)25-8-13/h3-6,9,13,33H,2,7-8,10-11H2,1H3,(H,25,32)(H,27,28,29)/t13-/m1/s1. The highest BCUT2D eigenvalue weighted by atomic mass is 19.4. The minimum absolute atomic E-state index is 0.0847. The first-order valence-corrected chi connectivity index (χ1v) is 10.6. The van der Waals surface area contributed by atoms with Gasteiger partial charge >= 0.3 is 6.18 Å². The zero-order valence-electron chi connectivity index (χ0n) is 17.7. The van der Waals surface area contributed by atoms with E-state index >= 15 is 0 Å². The molecule has 1 aromatic carbocycles. The fourth-order valence-electron chi connectivity index (χ4n) is 4.13. The molecule has 3 N–H and O–H groups in total. The number of benzene rings is 1. The molecule has 33 heavy (non-hydrogen) atoms. The van der Waals surface area contributed by atoms with Gasteiger partial charge in [0.1, 0.15) is 5.82 Å². The van der Waals surface area contributed by atoms with Crippen LogP contribution in [0.3, 0.4) is 0 Å². The van der Waals surface area contributed by atoms with Gasteiger partial charge in [-0.3, -0.25) is 4.79 Å². The van der Waals surface area contributed by atoms with E-state index in [1.807, 2.05) is 11.8 Å². The van der Waals surface area contributed by atoms with Crippen molar-refractivity contribution in [3.05, 3.63) is 36.0 Å². The van der Waals surface area contributed by atoms with Crippen molar-refractivity contribution in [2.75, 3.05) is 29.9 Å². The Balaban J connectivity index is 1.58. The van der Waals surface area contributed by atoms with E-state index in [0.29, 0.717) is 42.9 Å². The number of anilines is 2. The molecule has 3 aromatic rings. The van der Waals surface area contributed by atoms with Gasteiger partial charge in [0, 0.05) is 26.1 Å². The van der Waals surface area contributed by atoms with Crippen molar-refractivity contribution < 1.29 is 23.1 Å². The van der Waals surface area contributed by atoms with Crippen molar-refractivity contribution in [3.63, 3.8) is 0 Å². The predicted molar refractivity (Wildman–Crippen MR) is 114 cm³/mol. The van der Waals surface area contributed by atoms with Gasteiger partial charge in [-0.05, 0) is 24.6 Å². The average Bonchev–Trinajstić information content (AvgIpc) is 3.36. The first-order valence-electron chi connectivity index (χ1n) is 10.6. The third-order valence-electron chi connectivity index (χ3n) is 6.07. The number of rotatable bonds is 5. The van der Waals surface area contributed by atoms with Crippen LogP contribution in [0.4, 0.5) is 24.9 Å². The Kier molecular flexibility index (Phi) is 4.92. The molecule has 2 saturated heterocycles. The summed E-state index contributed by atoms with van der Waals surface area (Å²) < 4.78 is 41.1. The summed E-state index contributed by atoms with van der Waals surface area (Å²) in [4.78, 5) is 22.6. The first-order chi connectivity index (χ1) is 15.6. The van der Waals surface area contributed by atoms with Gasteiger partial charge < -0.3 is 20.6 Å². The van der Waals surface area contributed by atoms with Crippen LogP contribution in [0.5, 0.6) is 0 Å². The van der Waals surface area contributed by atoms with Crippen LogP contribution >= 0.6 is 0 Å². The van der Waals surface area contributed by atoms with Crippen molar-refractivity contribution >= 4 is 28.7 Å². The second kappa shape index (κ2) is 7.58. The number of nitrogens with zero attached hydrogens (tertiary/aromatic N) is 5. The van der Waals surface area contributed by atoms with E-state index in [0.717, 1.165) is 12.1 Å². The molecule has 12 heteroatoms. The zero-order chi connectivity index (χ0) is 23.4. The SMILES string of the molecule is CCC1(O)CN(c2nc(N[C@H]3CNC(=O)C3)nc3c2cnn3-c2cccc(C(F)(F)F)c2)C1. The number of carbonyl (C=O) groups is 1. The lowest BCUT2D eigenvalue weighted by Gasteiger charge is -2.47. The van der Waals surface area contributed by atoms with Crippen molar-refractivity contribution in [3.8, 4) is 5.69 Å². The molecule has 0 aliphatic carbocycles. The van der Waals surface area contributed by atoms with Crippen LogP contribution in [0, 0.1) is 0 Å². The number of aliphatic hydroxyl groups is 1. The van der Waals surface area contributed by atoms with Gasteiger partial charge in [0.25, 0.3) is 0 Å². The number of carbonyl (C=O) groups excluding carboxylic acids is 1. The lowest BCUT2D eigenvalue weighted by molar-refractivity contribution is -0.137. The Hall–Kier alpha value is -3.41. The molecular formula is C21H22F3N7O2. The van der Waals surface area contributed by atoms with E-state index in [9.17, 15) is 23.1 Å². The number of hydrogen-bond donors (Lipinski definition) is 3. The Morgan fingerprint density at radius 3 is 2.76 bits per heavy atom. The average molecular weight is 461 g/mol. The molecule has 9 nitrogen and oxygen atoms in total. The normalized spacial score (nSPS) is 20.1. The number of amides is 1. The van der Waals surface area contributed by atoms with E-state index in [2.05, 4.69) is 25.7 Å². The fourth-order valence-corrected chi connectivity index (χ4v) is 4.13. The molecule has 0 spiro atoms. The van der Waals surface area contributed by atoms with E-state index in [1.165, 1.54) is 23.0 Å². The molecular weight excluding hydrogens is 439 g/mol. The molecule has 5 rings (SSSR count). The lowest BCUT2D eigenvalue weighted by Crippen LogP contribution is -2.62. The van der Waals surface area contributed by atoms with Gasteiger partial charge in [0.05, 0.1) is 34.5 Å². The maximum atomic E-state index is 13.2. The van der Waals surface area contributed by atoms with E-state index in [-0.39, 0.29) is 30.0 Å². The molecule has 2 aliphatic heterocycles. The topological polar surface area (TPSA) is 108 Å². The summed E-state index contributed by atoms with van der Waals surface area (Å²) in [5.74, 6) is 0.675. The summed E-state index contributed by atoms with van der Waals surface area (Å²) in [6.45, 7) is 3.05. The molecule has 1 amide bonds. The smallest absolute Gasteiger partial charge is 0.386 e. The number of nitrogens with one attached hydrogen (secondary N) is 2. The van der Waals surface area contributed by atoms with Crippen LogP contribution in [0.2, 0.25) is 0 Å². The van der Waals surface area contributed by atoms with Crippen molar-refractivity contribution in [2.45, 2.75) is 37.6 Å². The largest absolute Gasteiger partial charge is 0.416 e. The van der Waals surface area contributed by atoms with Crippen LogP contribution in [0.1, 0.15) is 25.3 Å². The molecule has 2 aliphatic rings. The molecule has 0 saturated carbocycles. The Morgan fingerprint density at radius 2 is 2.09 bits per heavy atom. The highest BCUT2D eigenvalue weighted by Crippen LogP contribution is 2.35. The molecule has 2 aromatic heterocycles. The second-order valence-corrected chi connectivity index (χ2v) is 8.50. The highest BCUT2D eigenvalue weighted by Gasteiger charge is 2.41. The van der Waals surface area contributed by atoms with Crippen molar-refractivity contribution in [2.24, 2.45) is 0 Å². The molecule has 4 heterocycles. The first kappa shape index (κ1) is 21.4. The zero-order valence-corrected chi connectivity index (χ0v) is 17.7. The maximum Gasteiger partial charge on any atom is 0.416 e. The Labute approximate surface area is 186 Å². The number of β-amino-alcohol motifs (C(OH)–C–C–N with tert-alkyl or cyclic N) is 1. The van der Waals surface area contributed by atoms with E-state index in [1.54, 1.807) is 0 Å². The van der Waals surface area contributed by atoms with Crippen molar-refractivity contribution in [1.82, 2.24) is 25.1 Å². The molecule has 1 atom stereocenters. The number of alkyl halides is 3. The monoisotopic (exact) mass is 461 g/mol. The van der Waals surface area contributed by atoms with Gasteiger partial charge in [0.2, 0.25) is 11.9 Å². The van der Waals surface area contributed by atoms with Gasteiger partial charge in [-0.25, -0.2) is 4.68 Å². The summed E-state index contributed by atoms with van der Waals surface area (Å²) in [6.07, 6.45) is -2.13. The van der Waals surface area contributed by atoms with Crippen molar-refractivity contribution in [1.29, 1.82) is 0 Å². The molecule has 0 unspecified atom stereocenters. The third kappa shape index (κ3) is 3.94. The quantitative estimate of drug-likeness (QED) is 0.534. The third-order valence-corrected chi connectivity index (χ3v) is 6.07. The number of fused-ring (bicyclic) bond motifs is 1. The minimum Gasteiger partial charge on any atom is -0.386 e. The van der Waals surface area contributed by atoms with Gasteiger partial charge in [-0.15, -0.1) is 0 Å². The number of aromatic nitrogens is 4. The summed E-state index contributed by atoms with van der Waals surface area (Å²) in [5, 5.41) is 21.2. The number of halogens is 3. The van der Waals surface area contributed by atoms with E-state index < -0.39 is 17.3 Å². The molecule has 0 radical (unpaired) electrons. The number of hydrogen-bond acceptors (Lipinski definition) is 7. The summed E-state index contributed by atoms with van der Waals surface area (Å²) in [5.41, 5.74) is -1.07. The summed E-state index contributed by atoms with van der Waals surface area (Å²) >= 11 is 0. The summed E-state index contributed by atoms with van der Waals surface area (Å²) in [7, 11) is 0. The van der Waals surface area contributed by atoms with Crippen LogP contribution in [-0.2, 0) is 11.0 Å². The minimum atomic E-state index is -4.49. The van der Waals surface area contributed by atoms with E-state index in [4.69, 9.17) is 0 Å². The Morgan fingerprint density at radius 1 is 1.30 bits per heavy atom.